The second-order valence-corrected chi connectivity index (χ2v) is 13.3. The van der Waals surface area contributed by atoms with Gasteiger partial charge in [-0.05, 0) is 90.2 Å². The number of rotatable bonds is 13. The number of hydrogen-bond acceptors (Lipinski definition) is 2. The van der Waals surface area contributed by atoms with Crippen LogP contribution in [0.1, 0.15) is 76.3 Å². The summed E-state index contributed by atoms with van der Waals surface area (Å²) in [4.78, 5) is 4.34. The Labute approximate surface area is 253 Å². The number of thiophene rings is 2. The van der Waals surface area contributed by atoms with Crippen LogP contribution in [0.5, 0.6) is 0 Å². The Morgan fingerprint density at radius 3 is 2.15 bits per heavy atom. The van der Waals surface area contributed by atoms with E-state index in [2.05, 4.69) is 109 Å². The first kappa shape index (κ1) is 28.0. The molecule has 3 aromatic carbocycles. The molecule has 41 heavy (non-hydrogen) atoms. The van der Waals surface area contributed by atoms with E-state index in [0.717, 1.165) is 0 Å². The average molecular weight is 576 g/mol. The molecule has 0 aliphatic carbocycles. The molecule has 0 fully saturated rings. The van der Waals surface area contributed by atoms with Gasteiger partial charge in [0, 0.05) is 31.1 Å². The van der Waals surface area contributed by atoms with E-state index < -0.39 is 0 Å². The number of aryl methyl sites for hydroxylation is 2. The minimum absolute atomic E-state index is 1.17. The highest BCUT2D eigenvalue weighted by Gasteiger charge is 2.17. The van der Waals surface area contributed by atoms with Crippen molar-refractivity contribution in [1.29, 1.82) is 0 Å². The average Bonchev–Trinajstić information content (AvgIpc) is 3.73. The molecule has 0 aliphatic rings. The van der Waals surface area contributed by atoms with Crippen molar-refractivity contribution >= 4 is 44.5 Å². The van der Waals surface area contributed by atoms with E-state index >= 15 is 0 Å². The van der Waals surface area contributed by atoms with Gasteiger partial charge in [0.25, 0.3) is 0 Å². The standard InChI is InChI=1S/C38H41NS2/c1-3-5-7-10-16-28-24-37(40-27-28)38-30(17-11-8-6-4-2)26-36(41-38)29-22-23-35-33(25-29)32-20-14-15-21-34(32)39(35)31-18-12-9-13-19-31/h9,12-15,18-27H,3-8,10-11,16-17H2,1-2H3. The van der Waals surface area contributed by atoms with Crippen LogP contribution in [0, 0.1) is 0 Å². The van der Waals surface area contributed by atoms with Gasteiger partial charge < -0.3 is 4.57 Å². The Morgan fingerprint density at radius 2 is 1.34 bits per heavy atom. The van der Waals surface area contributed by atoms with Crippen molar-refractivity contribution in [2.45, 2.75) is 78.1 Å². The second kappa shape index (κ2) is 13.2. The fraction of sp³-hybridized carbons (Fsp3) is 0.316. The summed E-state index contributed by atoms with van der Waals surface area (Å²) < 4.78 is 2.40. The Balaban J connectivity index is 1.38. The molecular formula is C38H41NS2. The normalized spacial score (nSPS) is 11.7. The van der Waals surface area contributed by atoms with Gasteiger partial charge in [0.1, 0.15) is 0 Å². The number of para-hydroxylation sites is 2. The molecule has 0 atom stereocenters. The van der Waals surface area contributed by atoms with Crippen LogP contribution in [0.25, 0.3) is 47.7 Å². The van der Waals surface area contributed by atoms with Crippen LogP contribution < -0.4 is 0 Å². The van der Waals surface area contributed by atoms with Crippen LogP contribution in [-0.4, -0.2) is 4.57 Å². The molecule has 0 saturated heterocycles. The third-order valence-corrected chi connectivity index (χ3v) is 10.7. The van der Waals surface area contributed by atoms with Gasteiger partial charge >= 0.3 is 0 Å². The first-order chi connectivity index (χ1) is 20.3. The Bertz CT molecular complexity index is 1720. The van der Waals surface area contributed by atoms with Crippen LogP contribution in [0.15, 0.2) is 90.3 Å². The molecule has 3 aromatic heterocycles. The molecule has 210 valence electrons. The van der Waals surface area contributed by atoms with E-state index in [0.29, 0.717) is 0 Å². The van der Waals surface area contributed by atoms with Crippen molar-refractivity contribution in [1.82, 2.24) is 4.57 Å². The first-order valence-corrected chi connectivity index (χ1v) is 17.3. The zero-order chi connectivity index (χ0) is 28.0. The molecule has 0 spiro atoms. The number of nitrogens with zero attached hydrogens (tertiary/aromatic N) is 1. The molecule has 0 saturated carbocycles. The van der Waals surface area contributed by atoms with E-state index in [-0.39, 0.29) is 0 Å². The van der Waals surface area contributed by atoms with Crippen molar-refractivity contribution in [3.8, 4) is 25.9 Å². The van der Waals surface area contributed by atoms with E-state index in [1.54, 1.807) is 0 Å². The SMILES string of the molecule is CCCCCCc1csc(-c2sc(-c3ccc4c(c3)c3ccccc3n4-c3ccccc3)cc2CCCCCC)c1. The summed E-state index contributed by atoms with van der Waals surface area (Å²) in [7, 11) is 0. The Morgan fingerprint density at radius 1 is 0.610 bits per heavy atom. The second-order valence-electron chi connectivity index (χ2n) is 11.3. The van der Waals surface area contributed by atoms with E-state index in [1.807, 2.05) is 22.7 Å². The van der Waals surface area contributed by atoms with E-state index in [1.165, 1.54) is 123 Å². The highest BCUT2D eigenvalue weighted by Crippen LogP contribution is 2.43. The maximum absolute atomic E-state index is 2.50. The van der Waals surface area contributed by atoms with Gasteiger partial charge in [-0.3, -0.25) is 0 Å². The van der Waals surface area contributed by atoms with E-state index in [9.17, 15) is 0 Å². The van der Waals surface area contributed by atoms with Crippen LogP contribution in [0.2, 0.25) is 0 Å². The van der Waals surface area contributed by atoms with Gasteiger partial charge in [0.15, 0.2) is 0 Å². The quantitative estimate of drug-likeness (QED) is 0.121. The maximum Gasteiger partial charge on any atom is 0.0541 e. The topological polar surface area (TPSA) is 4.93 Å². The van der Waals surface area contributed by atoms with Crippen LogP contribution in [0.3, 0.4) is 0 Å². The van der Waals surface area contributed by atoms with Crippen molar-refractivity contribution in [3.63, 3.8) is 0 Å². The molecule has 3 heteroatoms. The summed E-state index contributed by atoms with van der Waals surface area (Å²) in [5.74, 6) is 0. The predicted molar refractivity (Wildman–Crippen MR) is 183 cm³/mol. The summed E-state index contributed by atoms with van der Waals surface area (Å²) in [5, 5.41) is 5.05. The van der Waals surface area contributed by atoms with Crippen LogP contribution in [-0.2, 0) is 12.8 Å². The largest absolute Gasteiger partial charge is 0.309 e. The molecule has 3 heterocycles. The highest BCUT2D eigenvalue weighted by atomic mass is 32.1. The molecule has 1 nitrogen and oxygen atoms in total. The molecule has 6 rings (SSSR count). The summed E-state index contributed by atoms with van der Waals surface area (Å²) in [6, 6.07) is 31.7. The summed E-state index contributed by atoms with van der Waals surface area (Å²) in [6.45, 7) is 4.59. The van der Waals surface area contributed by atoms with Gasteiger partial charge in [-0.15, -0.1) is 22.7 Å². The molecule has 6 aromatic rings. The molecule has 0 bridgehead atoms. The number of fused-ring (bicyclic) bond motifs is 3. The van der Waals surface area contributed by atoms with Gasteiger partial charge in [-0.2, -0.15) is 0 Å². The summed E-state index contributed by atoms with van der Waals surface area (Å²) in [5.41, 5.74) is 8.12. The van der Waals surface area contributed by atoms with Crippen molar-refractivity contribution in [3.05, 3.63) is 101 Å². The fourth-order valence-corrected chi connectivity index (χ4v) is 8.38. The highest BCUT2D eigenvalue weighted by molar-refractivity contribution is 7.23. The first-order valence-electron chi connectivity index (χ1n) is 15.6. The monoisotopic (exact) mass is 575 g/mol. The molecule has 0 unspecified atom stereocenters. The van der Waals surface area contributed by atoms with Crippen LogP contribution in [0.4, 0.5) is 0 Å². The van der Waals surface area contributed by atoms with Crippen molar-refractivity contribution in [2.24, 2.45) is 0 Å². The third-order valence-electron chi connectivity index (χ3n) is 8.28. The van der Waals surface area contributed by atoms with Gasteiger partial charge in [-0.25, -0.2) is 0 Å². The summed E-state index contributed by atoms with van der Waals surface area (Å²) in [6.07, 6.45) is 12.9. The number of unbranched alkanes of at least 4 members (excludes halogenated alkanes) is 6. The molecule has 0 aliphatic heterocycles. The fourth-order valence-electron chi connectivity index (χ4n) is 6.07. The van der Waals surface area contributed by atoms with Gasteiger partial charge in [0.2, 0.25) is 0 Å². The minimum atomic E-state index is 1.17. The predicted octanol–water partition coefficient (Wildman–Crippen LogP) is 12.5. The maximum atomic E-state index is 2.50. The summed E-state index contributed by atoms with van der Waals surface area (Å²) >= 11 is 3.94. The van der Waals surface area contributed by atoms with Crippen molar-refractivity contribution < 1.29 is 0 Å². The van der Waals surface area contributed by atoms with Crippen molar-refractivity contribution in [2.75, 3.05) is 0 Å². The lowest BCUT2D eigenvalue weighted by atomic mass is 10.0. The number of benzene rings is 3. The van der Waals surface area contributed by atoms with E-state index in [4.69, 9.17) is 0 Å². The number of aromatic nitrogens is 1. The minimum Gasteiger partial charge on any atom is -0.309 e. The smallest absolute Gasteiger partial charge is 0.0541 e. The molecule has 0 radical (unpaired) electrons. The van der Waals surface area contributed by atoms with Gasteiger partial charge in [0.05, 0.1) is 11.0 Å². The van der Waals surface area contributed by atoms with Crippen LogP contribution >= 0.6 is 22.7 Å². The molecule has 0 N–H and O–H groups in total. The molecule has 0 amide bonds. The molecular weight excluding hydrogens is 535 g/mol. The lowest BCUT2D eigenvalue weighted by molar-refractivity contribution is 0.667. The van der Waals surface area contributed by atoms with Gasteiger partial charge in [-0.1, -0.05) is 94.8 Å². The lowest BCUT2D eigenvalue weighted by Crippen LogP contribution is -1.92. The zero-order valence-electron chi connectivity index (χ0n) is 24.5. The number of hydrogen-bond donors (Lipinski definition) is 0. The zero-order valence-corrected chi connectivity index (χ0v) is 26.1. The lowest BCUT2D eigenvalue weighted by Gasteiger charge is -2.07. The Hall–Kier alpha value is -3.14. The Kier molecular flexibility index (Phi) is 9.03. The third kappa shape index (κ3) is 6.08.